The van der Waals surface area contributed by atoms with Crippen LogP contribution in [0, 0.1) is 0 Å². The van der Waals surface area contributed by atoms with Gasteiger partial charge in [-0.1, -0.05) is 31.4 Å². The van der Waals surface area contributed by atoms with Crippen LogP contribution in [-0.2, 0) is 6.42 Å². The van der Waals surface area contributed by atoms with Crippen molar-refractivity contribution in [2.24, 2.45) is 0 Å². The van der Waals surface area contributed by atoms with Crippen molar-refractivity contribution in [1.82, 2.24) is 5.32 Å². The van der Waals surface area contributed by atoms with Crippen LogP contribution in [0.15, 0.2) is 24.3 Å². The highest BCUT2D eigenvalue weighted by atomic mass is 16.4. The molecule has 1 fully saturated rings. The van der Waals surface area contributed by atoms with Crippen LogP contribution in [0.3, 0.4) is 0 Å². The van der Waals surface area contributed by atoms with Gasteiger partial charge in [0.1, 0.15) is 0 Å². The molecule has 2 rings (SSSR count). The minimum Gasteiger partial charge on any atom is -0.465 e. The molecule has 0 spiro atoms. The molecule has 0 saturated heterocycles. The molecule has 5 nitrogen and oxygen atoms in total. The Morgan fingerprint density at radius 3 is 2.77 bits per heavy atom. The van der Waals surface area contributed by atoms with Crippen LogP contribution in [0.1, 0.15) is 37.7 Å². The van der Waals surface area contributed by atoms with E-state index in [1.54, 1.807) is 0 Å². The van der Waals surface area contributed by atoms with Crippen LogP contribution < -0.4 is 10.2 Å². The molecule has 5 heteroatoms. The number of carbonyl (C=O) groups is 1. The number of aliphatic hydroxyl groups is 1. The van der Waals surface area contributed by atoms with Crippen LogP contribution in [0.2, 0.25) is 0 Å². The fourth-order valence-corrected chi connectivity index (χ4v) is 3.13. The molecule has 1 amide bonds. The lowest BCUT2D eigenvalue weighted by Crippen LogP contribution is -2.33. The van der Waals surface area contributed by atoms with E-state index in [9.17, 15) is 9.90 Å². The van der Waals surface area contributed by atoms with Gasteiger partial charge in [-0.15, -0.1) is 0 Å². The van der Waals surface area contributed by atoms with E-state index in [1.807, 2.05) is 12.1 Å². The molecule has 3 N–H and O–H groups in total. The number of nitrogens with one attached hydrogen (secondary N) is 1. The van der Waals surface area contributed by atoms with E-state index in [4.69, 9.17) is 5.11 Å². The molecule has 0 heterocycles. The molecule has 1 atom stereocenters. The number of hydrogen-bond acceptors (Lipinski definition) is 3. The number of anilines is 1. The highest BCUT2D eigenvalue weighted by Crippen LogP contribution is 2.26. The van der Waals surface area contributed by atoms with Crippen LogP contribution in [0.5, 0.6) is 0 Å². The third kappa shape index (κ3) is 4.91. The number of amides is 1. The first-order valence-corrected chi connectivity index (χ1v) is 8.03. The SMILES string of the molecule is CN(c1cccc(CC(O)CNC(=O)O)c1)C1CCCCC1. The molecule has 1 saturated carbocycles. The lowest BCUT2D eigenvalue weighted by atomic mass is 9.94. The first-order chi connectivity index (χ1) is 10.6. The van der Waals surface area contributed by atoms with Gasteiger partial charge in [0, 0.05) is 31.7 Å². The molecule has 1 aromatic carbocycles. The number of hydrogen-bond donors (Lipinski definition) is 3. The summed E-state index contributed by atoms with van der Waals surface area (Å²) in [6.07, 6.45) is 5.07. The molecule has 0 bridgehead atoms. The number of nitrogens with zero attached hydrogens (tertiary/aromatic N) is 1. The third-order valence-electron chi connectivity index (χ3n) is 4.40. The smallest absolute Gasteiger partial charge is 0.404 e. The van der Waals surface area contributed by atoms with Gasteiger partial charge in [-0.25, -0.2) is 4.79 Å². The van der Waals surface area contributed by atoms with E-state index < -0.39 is 12.2 Å². The average molecular weight is 306 g/mol. The minimum absolute atomic E-state index is 0.0536. The molecule has 1 aliphatic carbocycles. The molecule has 1 aliphatic rings. The average Bonchev–Trinajstić information content (AvgIpc) is 2.53. The van der Waals surface area contributed by atoms with Crippen LogP contribution in [-0.4, -0.2) is 42.0 Å². The summed E-state index contributed by atoms with van der Waals surface area (Å²) < 4.78 is 0. The molecule has 22 heavy (non-hydrogen) atoms. The van der Waals surface area contributed by atoms with Gasteiger partial charge in [0.25, 0.3) is 0 Å². The Kier molecular flexibility index (Phi) is 6.07. The van der Waals surface area contributed by atoms with E-state index in [-0.39, 0.29) is 6.54 Å². The van der Waals surface area contributed by atoms with Crippen molar-refractivity contribution in [3.63, 3.8) is 0 Å². The van der Waals surface area contributed by atoms with Gasteiger partial charge >= 0.3 is 6.09 Å². The van der Waals surface area contributed by atoms with Crippen LogP contribution >= 0.6 is 0 Å². The van der Waals surface area contributed by atoms with Gasteiger partial charge in [-0.2, -0.15) is 0 Å². The zero-order chi connectivity index (χ0) is 15.9. The number of carboxylic acid groups (broad SMARTS) is 1. The van der Waals surface area contributed by atoms with Crippen molar-refractivity contribution in [2.45, 2.75) is 50.7 Å². The maximum atomic E-state index is 10.4. The Hall–Kier alpha value is -1.75. The predicted molar refractivity (Wildman–Crippen MR) is 87.5 cm³/mol. The summed E-state index contributed by atoms with van der Waals surface area (Å²) in [7, 11) is 2.14. The topological polar surface area (TPSA) is 72.8 Å². The quantitative estimate of drug-likeness (QED) is 0.755. The molecule has 122 valence electrons. The molecule has 0 aromatic heterocycles. The van der Waals surface area contributed by atoms with Gasteiger partial charge in [0.15, 0.2) is 0 Å². The van der Waals surface area contributed by atoms with E-state index in [0.29, 0.717) is 12.5 Å². The molecule has 0 aliphatic heterocycles. The Morgan fingerprint density at radius 2 is 2.09 bits per heavy atom. The Balaban J connectivity index is 1.95. The summed E-state index contributed by atoms with van der Waals surface area (Å²) in [6.45, 7) is 0.0536. The largest absolute Gasteiger partial charge is 0.465 e. The Morgan fingerprint density at radius 1 is 1.36 bits per heavy atom. The number of rotatable bonds is 6. The van der Waals surface area contributed by atoms with Crippen LogP contribution in [0.4, 0.5) is 10.5 Å². The first-order valence-electron chi connectivity index (χ1n) is 8.03. The van der Waals surface area contributed by atoms with Crippen molar-refractivity contribution in [3.05, 3.63) is 29.8 Å². The normalized spacial score (nSPS) is 17.0. The van der Waals surface area contributed by atoms with Gasteiger partial charge in [0.2, 0.25) is 0 Å². The van der Waals surface area contributed by atoms with Crippen molar-refractivity contribution < 1.29 is 15.0 Å². The molecule has 1 unspecified atom stereocenters. The van der Waals surface area contributed by atoms with Crippen molar-refractivity contribution in [2.75, 3.05) is 18.5 Å². The number of benzene rings is 1. The lowest BCUT2D eigenvalue weighted by Gasteiger charge is -2.33. The highest BCUT2D eigenvalue weighted by Gasteiger charge is 2.18. The minimum atomic E-state index is -1.11. The van der Waals surface area contributed by atoms with E-state index in [0.717, 1.165) is 5.56 Å². The van der Waals surface area contributed by atoms with Crippen molar-refractivity contribution >= 4 is 11.8 Å². The Labute approximate surface area is 131 Å². The van der Waals surface area contributed by atoms with Crippen molar-refractivity contribution in [1.29, 1.82) is 0 Å². The van der Waals surface area contributed by atoms with Gasteiger partial charge in [-0.3, -0.25) is 0 Å². The van der Waals surface area contributed by atoms with Gasteiger partial charge in [-0.05, 0) is 30.5 Å². The maximum absolute atomic E-state index is 10.4. The summed E-state index contributed by atoms with van der Waals surface area (Å²) in [5, 5.41) is 20.7. The molecular formula is C17H26N2O3. The first kappa shape index (κ1) is 16.6. The monoisotopic (exact) mass is 306 g/mol. The summed E-state index contributed by atoms with van der Waals surface area (Å²) in [4.78, 5) is 12.8. The standard InChI is InChI=1S/C17H26N2O3/c1-19(14-7-3-2-4-8-14)15-9-5-6-13(10-15)11-16(20)12-18-17(21)22/h5-6,9-10,14,16,18,20H,2-4,7-8,11-12H2,1H3,(H,21,22). The van der Waals surface area contributed by atoms with E-state index in [1.165, 1.54) is 37.8 Å². The maximum Gasteiger partial charge on any atom is 0.404 e. The third-order valence-corrected chi connectivity index (χ3v) is 4.40. The fraction of sp³-hybridized carbons (Fsp3) is 0.588. The van der Waals surface area contributed by atoms with Crippen LogP contribution in [0.25, 0.3) is 0 Å². The molecule has 1 aromatic rings. The highest BCUT2D eigenvalue weighted by molar-refractivity contribution is 5.64. The summed E-state index contributed by atoms with van der Waals surface area (Å²) in [5.74, 6) is 0. The number of aliphatic hydroxyl groups excluding tert-OH is 1. The molecular weight excluding hydrogens is 280 g/mol. The second kappa shape index (κ2) is 8.03. The van der Waals surface area contributed by atoms with E-state index >= 15 is 0 Å². The van der Waals surface area contributed by atoms with Crippen molar-refractivity contribution in [3.8, 4) is 0 Å². The second-order valence-corrected chi connectivity index (χ2v) is 6.12. The lowest BCUT2D eigenvalue weighted by molar-refractivity contribution is 0.157. The summed E-state index contributed by atoms with van der Waals surface area (Å²) in [6, 6.07) is 8.77. The zero-order valence-electron chi connectivity index (χ0n) is 13.2. The summed E-state index contributed by atoms with van der Waals surface area (Å²) >= 11 is 0. The molecule has 0 radical (unpaired) electrons. The second-order valence-electron chi connectivity index (χ2n) is 6.12. The van der Waals surface area contributed by atoms with E-state index in [2.05, 4.69) is 29.4 Å². The van der Waals surface area contributed by atoms with Gasteiger partial charge in [0.05, 0.1) is 6.10 Å². The Bertz CT molecular complexity index is 487. The predicted octanol–water partition coefficient (Wildman–Crippen LogP) is 2.63. The zero-order valence-corrected chi connectivity index (χ0v) is 13.2. The summed E-state index contributed by atoms with van der Waals surface area (Å²) in [5.41, 5.74) is 2.20. The fourth-order valence-electron chi connectivity index (χ4n) is 3.13. The van der Waals surface area contributed by atoms with Gasteiger partial charge < -0.3 is 20.4 Å².